The topological polar surface area (TPSA) is 93.3 Å². The smallest absolute Gasteiger partial charge is 0.408 e. The molecule has 130 valence electrons. The number of oxazole rings is 1. The zero-order chi connectivity index (χ0) is 17.7. The van der Waals surface area contributed by atoms with Crippen LogP contribution in [0.4, 0.5) is 0 Å². The van der Waals surface area contributed by atoms with Crippen LogP contribution in [-0.2, 0) is 16.1 Å². The number of hydrogen-bond acceptors (Lipinski definition) is 4. The van der Waals surface area contributed by atoms with Crippen LogP contribution in [0.5, 0.6) is 0 Å². The van der Waals surface area contributed by atoms with Gasteiger partial charge in [0.15, 0.2) is 5.58 Å². The lowest BCUT2D eigenvalue weighted by Crippen LogP contribution is -2.45. The van der Waals surface area contributed by atoms with Gasteiger partial charge in [-0.15, -0.1) is 0 Å². The SMILES string of the molecule is CCCNC(=O)[C@@H](C)NC(=O)CCn1c(=O)oc2cc(Cl)ccc21. The number of carbonyl (C=O) groups excluding carboxylic acids is 2. The maximum atomic E-state index is 12.0. The molecule has 2 rings (SSSR count). The molecule has 1 heterocycles. The van der Waals surface area contributed by atoms with E-state index in [1.807, 2.05) is 6.92 Å². The first-order valence-electron chi connectivity index (χ1n) is 7.78. The first kappa shape index (κ1) is 18.1. The molecule has 1 aromatic heterocycles. The van der Waals surface area contributed by atoms with Gasteiger partial charge >= 0.3 is 5.76 Å². The Kier molecular flexibility index (Phi) is 6.03. The van der Waals surface area contributed by atoms with Crippen LogP contribution >= 0.6 is 11.6 Å². The van der Waals surface area contributed by atoms with Crippen molar-refractivity contribution in [2.24, 2.45) is 0 Å². The lowest BCUT2D eigenvalue weighted by molar-refractivity contribution is -0.128. The highest BCUT2D eigenvalue weighted by molar-refractivity contribution is 6.31. The van der Waals surface area contributed by atoms with Gasteiger partial charge in [-0.2, -0.15) is 0 Å². The van der Waals surface area contributed by atoms with Crippen LogP contribution < -0.4 is 16.4 Å². The van der Waals surface area contributed by atoms with E-state index < -0.39 is 11.8 Å². The van der Waals surface area contributed by atoms with E-state index in [0.29, 0.717) is 22.7 Å². The summed E-state index contributed by atoms with van der Waals surface area (Å²) in [6.45, 7) is 4.29. The van der Waals surface area contributed by atoms with Crippen molar-refractivity contribution in [1.82, 2.24) is 15.2 Å². The van der Waals surface area contributed by atoms with Gasteiger partial charge in [-0.25, -0.2) is 4.79 Å². The molecule has 0 unspecified atom stereocenters. The fraction of sp³-hybridized carbons (Fsp3) is 0.438. The lowest BCUT2D eigenvalue weighted by Gasteiger charge is -2.13. The highest BCUT2D eigenvalue weighted by atomic mass is 35.5. The average Bonchev–Trinajstić information content (AvgIpc) is 2.84. The second kappa shape index (κ2) is 8.01. The largest absolute Gasteiger partial charge is 0.419 e. The van der Waals surface area contributed by atoms with Crippen LogP contribution in [0, 0.1) is 0 Å². The molecule has 1 aromatic carbocycles. The predicted octanol–water partition coefficient (Wildman–Crippen LogP) is 1.67. The third-order valence-corrected chi connectivity index (χ3v) is 3.75. The summed E-state index contributed by atoms with van der Waals surface area (Å²) in [4.78, 5) is 35.6. The molecule has 0 aliphatic heterocycles. The van der Waals surface area contributed by atoms with Gasteiger partial charge in [0.05, 0.1) is 5.52 Å². The van der Waals surface area contributed by atoms with E-state index >= 15 is 0 Å². The van der Waals surface area contributed by atoms with E-state index in [1.165, 1.54) is 4.57 Å². The molecule has 0 fully saturated rings. The maximum Gasteiger partial charge on any atom is 0.419 e. The summed E-state index contributed by atoms with van der Waals surface area (Å²) >= 11 is 5.86. The molecule has 1 atom stereocenters. The summed E-state index contributed by atoms with van der Waals surface area (Å²) in [6.07, 6.45) is 0.884. The minimum Gasteiger partial charge on any atom is -0.408 e. The Labute approximate surface area is 144 Å². The molecule has 2 N–H and O–H groups in total. The summed E-state index contributed by atoms with van der Waals surface area (Å²) in [5.41, 5.74) is 0.950. The first-order valence-corrected chi connectivity index (χ1v) is 8.16. The number of rotatable bonds is 7. The standard InChI is InChI=1S/C16H20ClN3O4/c1-3-7-18-15(22)10(2)19-14(21)6-8-20-12-5-4-11(17)9-13(12)24-16(20)23/h4-5,9-10H,3,6-8H2,1-2H3,(H,18,22)(H,19,21)/t10-/m1/s1. The number of fused-ring (bicyclic) bond motifs is 1. The van der Waals surface area contributed by atoms with E-state index in [0.717, 1.165) is 6.42 Å². The molecule has 0 aliphatic rings. The number of amides is 2. The molecule has 2 amide bonds. The van der Waals surface area contributed by atoms with Crippen molar-refractivity contribution in [1.29, 1.82) is 0 Å². The molecule has 24 heavy (non-hydrogen) atoms. The van der Waals surface area contributed by atoms with Gasteiger partial charge in [0.25, 0.3) is 0 Å². The van der Waals surface area contributed by atoms with Crippen LogP contribution in [0.15, 0.2) is 27.4 Å². The fourth-order valence-electron chi connectivity index (χ4n) is 2.25. The molecule has 0 aliphatic carbocycles. The van der Waals surface area contributed by atoms with Gasteiger partial charge < -0.3 is 15.1 Å². The highest BCUT2D eigenvalue weighted by Crippen LogP contribution is 2.18. The fourth-order valence-corrected chi connectivity index (χ4v) is 2.41. The van der Waals surface area contributed by atoms with Crippen LogP contribution in [0.2, 0.25) is 5.02 Å². The Morgan fingerprint density at radius 2 is 2.12 bits per heavy atom. The van der Waals surface area contributed by atoms with Gasteiger partial charge in [-0.1, -0.05) is 18.5 Å². The third kappa shape index (κ3) is 4.38. The Morgan fingerprint density at radius 3 is 2.83 bits per heavy atom. The summed E-state index contributed by atoms with van der Waals surface area (Å²) in [7, 11) is 0. The van der Waals surface area contributed by atoms with Crippen molar-refractivity contribution in [3.8, 4) is 0 Å². The van der Waals surface area contributed by atoms with Crippen molar-refractivity contribution in [2.75, 3.05) is 6.54 Å². The normalized spacial score (nSPS) is 12.1. The van der Waals surface area contributed by atoms with Gasteiger partial charge in [-0.3, -0.25) is 14.2 Å². The molecule has 0 bridgehead atoms. The summed E-state index contributed by atoms with van der Waals surface area (Å²) in [5.74, 6) is -1.09. The molecule has 0 spiro atoms. The third-order valence-electron chi connectivity index (χ3n) is 3.51. The van der Waals surface area contributed by atoms with Crippen molar-refractivity contribution in [2.45, 2.75) is 39.3 Å². The van der Waals surface area contributed by atoms with E-state index in [-0.39, 0.29) is 24.8 Å². The molecular formula is C16H20ClN3O4. The summed E-state index contributed by atoms with van der Waals surface area (Å²) in [6, 6.07) is 4.24. The number of halogens is 1. The molecular weight excluding hydrogens is 334 g/mol. The zero-order valence-corrected chi connectivity index (χ0v) is 14.4. The van der Waals surface area contributed by atoms with Gasteiger partial charge in [0.2, 0.25) is 11.8 Å². The number of aromatic nitrogens is 1. The molecule has 0 saturated heterocycles. The van der Waals surface area contributed by atoms with Crippen molar-refractivity contribution in [3.63, 3.8) is 0 Å². The minimum absolute atomic E-state index is 0.0581. The number of carbonyl (C=O) groups is 2. The van der Waals surface area contributed by atoms with Crippen molar-refractivity contribution < 1.29 is 14.0 Å². The van der Waals surface area contributed by atoms with Crippen molar-refractivity contribution >= 4 is 34.5 Å². The number of benzene rings is 1. The van der Waals surface area contributed by atoms with E-state index in [4.69, 9.17) is 16.0 Å². The minimum atomic E-state index is -0.624. The van der Waals surface area contributed by atoms with Crippen LogP contribution in [-0.4, -0.2) is 29.0 Å². The van der Waals surface area contributed by atoms with Crippen LogP contribution in [0.1, 0.15) is 26.7 Å². The quantitative estimate of drug-likeness (QED) is 0.791. The first-order chi connectivity index (χ1) is 11.4. The van der Waals surface area contributed by atoms with E-state index in [1.54, 1.807) is 25.1 Å². The second-order valence-corrected chi connectivity index (χ2v) is 5.90. The van der Waals surface area contributed by atoms with Gasteiger partial charge in [0.1, 0.15) is 6.04 Å². The molecule has 2 aromatic rings. The number of nitrogens with one attached hydrogen (secondary N) is 2. The van der Waals surface area contributed by atoms with E-state index in [2.05, 4.69) is 10.6 Å². The summed E-state index contributed by atoms with van der Waals surface area (Å²) in [5, 5.41) is 5.78. The van der Waals surface area contributed by atoms with Gasteiger partial charge in [-0.05, 0) is 25.5 Å². The lowest BCUT2D eigenvalue weighted by atomic mass is 10.2. The van der Waals surface area contributed by atoms with Crippen LogP contribution in [0.3, 0.4) is 0 Å². The van der Waals surface area contributed by atoms with Crippen LogP contribution in [0.25, 0.3) is 11.1 Å². The Bertz CT molecular complexity index is 796. The predicted molar refractivity (Wildman–Crippen MR) is 91.0 cm³/mol. The maximum absolute atomic E-state index is 12.0. The molecule has 0 saturated carbocycles. The van der Waals surface area contributed by atoms with Gasteiger partial charge in [0, 0.05) is 30.6 Å². The number of aryl methyl sites for hydroxylation is 1. The number of hydrogen-bond donors (Lipinski definition) is 2. The molecule has 8 heteroatoms. The second-order valence-electron chi connectivity index (χ2n) is 5.46. The zero-order valence-electron chi connectivity index (χ0n) is 13.6. The Morgan fingerprint density at radius 1 is 1.38 bits per heavy atom. The summed E-state index contributed by atoms with van der Waals surface area (Å²) < 4.78 is 6.47. The monoisotopic (exact) mass is 353 g/mol. The van der Waals surface area contributed by atoms with E-state index in [9.17, 15) is 14.4 Å². The molecule has 7 nitrogen and oxygen atoms in total. The Balaban J connectivity index is 1.96. The van der Waals surface area contributed by atoms with Crippen molar-refractivity contribution in [3.05, 3.63) is 33.8 Å². The molecule has 0 radical (unpaired) electrons. The number of nitrogens with zero attached hydrogens (tertiary/aromatic N) is 1. The highest BCUT2D eigenvalue weighted by Gasteiger charge is 2.16. The Hall–Kier alpha value is -2.28. The average molecular weight is 354 g/mol.